The Hall–Kier alpha value is -3.70. The number of ether oxygens (including phenoxy) is 3. The number of fused-ring (bicyclic) bond motifs is 1. The third-order valence-corrected chi connectivity index (χ3v) is 7.16. The van der Waals surface area contributed by atoms with Gasteiger partial charge in [0, 0.05) is 23.4 Å². The monoisotopic (exact) mass is 481 g/mol. The van der Waals surface area contributed by atoms with E-state index >= 15 is 0 Å². The van der Waals surface area contributed by atoms with Gasteiger partial charge in [-0.3, -0.25) is 4.98 Å². The van der Waals surface area contributed by atoms with E-state index in [1.54, 1.807) is 7.11 Å². The molecule has 2 unspecified atom stereocenters. The lowest BCUT2D eigenvalue weighted by molar-refractivity contribution is -0.189. The quantitative estimate of drug-likeness (QED) is 0.259. The fourth-order valence-corrected chi connectivity index (χ4v) is 4.92. The van der Waals surface area contributed by atoms with Crippen LogP contribution >= 0.6 is 0 Å². The van der Waals surface area contributed by atoms with Crippen molar-refractivity contribution in [3.8, 4) is 5.75 Å². The van der Waals surface area contributed by atoms with E-state index in [4.69, 9.17) is 19.2 Å². The molecule has 5 heteroatoms. The molecule has 1 fully saturated rings. The summed E-state index contributed by atoms with van der Waals surface area (Å²) in [4.78, 5) is 18.7. The second-order valence-electron chi connectivity index (χ2n) is 9.31. The molecule has 1 saturated carbocycles. The van der Waals surface area contributed by atoms with Gasteiger partial charge in [-0.15, -0.1) is 0 Å². The summed E-state index contributed by atoms with van der Waals surface area (Å²) < 4.78 is 17.5. The molecule has 2 atom stereocenters. The molecule has 0 radical (unpaired) electrons. The molecule has 5 nitrogen and oxygen atoms in total. The average Bonchev–Trinajstić information content (AvgIpc) is 2.92. The van der Waals surface area contributed by atoms with Gasteiger partial charge in [0.1, 0.15) is 5.75 Å². The second kappa shape index (κ2) is 10.5. The normalized spacial score (nSPS) is 16.1. The predicted molar refractivity (Wildman–Crippen MR) is 140 cm³/mol. The summed E-state index contributed by atoms with van der Waals surface area (Å²) in [5, 5.41) is 1.07. The first kappa shape index (κ1) is 24.0. The second-order valence-corrected chi connectivity index (χ2v) is 9.31. The van der Waals surface area contributed by atoms with Crippen LogP contribution in [-0.4, -0.2) is 31.3 Å². The van der Waals surface area contributed by atoms with Gasteiger partial charge in [0.05, 0.1) is 25.8 Å². The van der Waals surface area contributed by atoms with Gasteiger partial charge in [-0.05, 0) is 54.7 Å². The van der Waals surface area contributed by atoms with Gasteiger partial charge in [0.15, 0.2) is 5.60 Å². The molecule has 5 rings (SSSR count). The van der Waals surface area contributed by atoms with Gasteiger partial charge in [0.2, 0.25) is 0 Å². The number of nitrogens with zero attached hydrogens (tertiary/aromatic N) is 1. The van der Waals surface area contributed by atoms with Crippen molar-refractivity contribution < 1.29 is 19.0 Å². The molecule has 0 spiro atoms. The number of aromatic nitrogens is 1. The van der Waals surface area contributed by atoms with Crippen molar-refractivity contribution in [3.63, 3.8) is 0 Å². The van der Waals surface area contributed by atoms with Crippen molar-refractivity contribution in [2.24, 2.45) is 0 Å². The number of benzene rings is 3. The zero-order valence-corrected chi connectivity index (χ0v) is 20.7. The Morgan fingerprint density at radius 3 is 2.31 bits per heavy atom. The smallest absolute Gasteiger partial charge is 0.342 e. The van der Waals surface area contributed by atoms with Gasteiger partial charge < -0.3 is 14.2 Å². The molecule has 1 heterocycles. The number of hydrogen-bond acceptors (Lipinski definition) is 5. The van der Waals surface area contributed by atoms with Crippen LogP contribution in [0.1, 0.15) is 48.4 Å². The average molecular weight is 482 g/mol. The molecule has 184 valence electrons. The molecule has 1 aromatic heterocycles. The van der Waals surface area contributed by atoms with Crippen molar-refractivity contribution in [3.05, 3.63) is 108 Å². The summed E-state index contributed by atoms with van der Waals surface area (Å²) in [6, 6.07) is 29.9. The first-order valence-corrected chi connectivity index (χ1v) is 12.4. The van der Waals surface area contributed by atoms with Crippen LogP contribution in [0.3, 0.4) is 0 Å². The molecule has 0 aliphatic heterocycles. The van der Waals surface area contributed by atoms with Crippen molar-refractivity contribution in [2.75, 3.05) is 14.2 Å². The predicted octanol–water partition coefficient (Wildman–Crippen LogP) is 6.40. The van der Waals surface area contributed by atoms with Crippen molar-refractivity contribution in [1.82, 2.24) is 4.98 Å². The Bertz CT molecular complexity index is 1320. The Balaban J connectivity index is 1.66. The number of carbonyl (C=O) groups excluding carboxylic acids is 1. The van der Waals surface area contributed by atoms with Crippen LogP contribution in [0.2, 0.25) is 0 Å². The minimum atomic E-state index is -1.26. The molecule has 0 amide bonds. The van der Waals surface area contributed by atoms with Crippen LogP contribution in [0, 0.1) is 0 Å². The molecule has 1 aliphatic rings. The topological polar surface area (TPSA) is 57.7 Å². The highest BCUT2D eigenvalue weighted by molar-refractivity contribution is 5.82. The molecular formula is C31H31NO4. The van der Waals surface area contributed by atoms with Crippen LogP contribution in [0.15, 0.2) is 91.0 Å². The van der Waals surface area contributed by atoms with Crippen LogP contribution in [0.4, 0.5) is 0 Å². The van der Waals surface area contributed by atoms with E-state index < -0.39 is 5.60 Å². The van der Waals surface area contributed by atoms with Crippen LogP contribution in [-0.2, 0) is 19.9 Å². The molecular weight excluding hydrogens is 450 g/mol. The lowest BCUT2D eigenvalue weighted by Crippen LogP contribution is -2.45. The maximum atomic E-state index is 13.6. The molecule has 0 saturated heterocycles. The van der Waals surface area contributed by atoms with Gasteiger partial charge in [0.25, 0.3) is 0 Å². The Kier molecular flexibility index (Phi) is 7.01. The van der Waals surface area contributed by atoms with E-state index in [0.717, 1.165) is 52.7 Å². The zero-order chi connectivity index (χ0) is 25.0. The third kappa shape index (κ3) is 4.71. The minimum absolute atomic E-state index is 0.0189. The summed E-state index contributed by atoms with van der Waals surface area (Å²) in [6.45, 7) is 0. The summed E-state index contributed by atoms with van der Waals surface area (Å²) in [6.07, 6.45) is 3.35. The number of para-hydroxylation sites is 1. The molecule has 4 aromatic rings. The lowest BCUT2D eigenvalue weighted by atomic mass is 9.78. The van der Waals surface area contributed by atoms with Gasteiger partial charge in [-0.25, -0.2) is 4.79 Å². The Morgan fingerprint density at radius 2 is 1.64 bits per heavy atom. The zero-order valence-electron chi connectivity index (χ0n) is 20.7. The molecule has 1 aliphatic carbocycles. The van der Waals surface area contributed by atoms with Crippen molar-refractivity contribution in [1.29, 1.82) is 0 Å². The van der Waals surface area contributed by atoms with E-state index in [9.17, 15) is 4.79 Å². The summed E-state index contributed by atoms with van der Waals surface area (Å²) in [5.41, 5.74) is 2.35. The van der Waals surface area contributed by atoms with E-state index in [2.05, 4.69) is 12.1 Å². The highest BCUT2D eigenvalue weighted by Gasteiger charge is 2.48. The number of methoxy groups -OCH3 is 2. The van der Waals surface area contributed by atoms with Crippen molar-refractivity contribution in [2.45, 2.75) is 43.3 Å². The Morgan fingerprint density at radius 1 is 0.917 bits per heavy atom. The fourth-order valence-electron chi connectivity index (χ4n) is 4.92. The van der Waals surface area contributed by atoms with E-state index in [1.165, 1.54) is 7.11 Å². The lowest BCUT2D eigenvalue weighted by Gasteiger charge is -2.40. The standard InChI is InChI=1S/C31H31NO4/c1-34-25-18-15-22(16-19-25)27(29-20-17-23-9-6-7-14-28(23)32-29)21-31(30(33)35-2,36-26-12-8-13-26)24-10-4-3-5-11-24/h3-7,9-11,14-20,26-27H,8,12-13,21H2,1-2H3. The number of esters is 1. The fraction of sp³-hybridized carbons (Fsp3) is 0.290. The minimum Gasteiger partial charge on any atom is -0.497 e. The first-order valence-electron chi connectivity index (χ1n) is 12.4. The largest absolute Gasteiger partial charge is 0.497 e. The van der Waals surface area contributed by atoms with E-state index in [0.29, 0.717) is 6.42 Å². The van der Waals surface area contributed by atoms with E-state index in [-0.39, 0.29) is 18.0 Å². The maximum Gasteiger partial charge on any atom is 0.342 e. The molecule has 0 N–H and O–H groups in total. The molecule has 36 heavy (non-hydrogen) atoms. The van der Waals surface area contributed by atoms with Crippen LogP contribution in [0.25, 0.3) is 10.9 Å². The summed E-state index contributed by atoms with van der Waals surface area (Å²) >= 11 is 0. The number of pyridine rings is 1. The number of rotatable bonds is 9. The van der Waals surface area contributed by atoms with Crippen LogP contribution in [0.5, 0.6) is 5.75 Å². The first-order chi connectivity index (χ1) is 17.6. The number of hydrogen-bond donors (Lipinski definition) is 0. The Labute approximate surface area is 212 Å². The third-order valence-electron chi connectivity index (χ3n) is 7.16. The SMILES string of the molecule is COC(=O)C(CC(c1ccc(OC)cc1)c1ccc2ccccc2n1)(OC1CCC1)c1ccccc1. The van der Waals surface area contributed by atoms with Crippen molar-refractivity contribution >= 4 is 16.9 Å². The highest BCUT2D eigenvalue weighted by Crippen LogP contribution is 2.44. The van der Waals surface area contributed by atoms with Gasteiger partial charge in [-0.2, -0.15) is 0 Å². The number of carbonyl (C=O) groups is 1. The molecule has 3 aromatic carbocycles. The highest BCUT2D eigenvalue weighted by atomic mass is 16.6. The van der Waals surface area contributed by atoms with E-state index in [1.807, 2.05) is 78.9 Å². The van der Waals surface area contributed by atoms with Crippen LogP contribution < -0.4 is 4.74 Å². The summed E-state index contributed by atoms with van der Waals surface area (Å²) in [5.74, 6) is 0.164. The van der Waals surface area contributed by atoms with Gasteiger partial charge >= 0.3 is 5.97 Å². The van der Waals surface area contributed by atoms with Gasteiger partial charge in [-0.1, -0.05) is 66.7 Å². The molecule has 0 bridgehead atoms. The maximum absolute atomic E-state index is 13.6. The summed E-state index contributed by atoms with van der Waals surface area (Å²) in [7, 11) is 3.09.